The predicted molar refractivity (Wildman–Crippen MR) is 42.5 cm³/mol. The van der Waals surface area contributed by atoms with Gasteiger partial charge in [-0.3, -0.25) is 0 Å². The van der Waals surface area contributed by atoms with E-state index < -0.39 is 24.9 Å². The van der Waals surface area contributed by atoms with E-state index in [4.69, 9.17) is 20.4 Å². The molecular weight excluding hydrogens is 213 g/mol. The molecular formula is C5H14GeO5. The van der Waals surface area contributed by atoms with Crippen LogP contribution in [0.2, 0.25) is 0 Å². The van der Waals surface area contributed by atoms with E-state index in [0.29, 0.717) is 0 Å². The van der Waals surface area contributed by atoms with E-state index in [1.807, 2.05) is 0 Å². The topological polar surface area (TPSA) is 98.0 Å². The summed E-state index contributed by atoms with van der Waals surface area (Å²) in [7, 11) is 0. The molecule has 0 amide bonds. The summed E-state index contributed by atoms with van der Waals surface area (Å²) in [5.74, 6) is 0. The van der Waals surface area contributed by atoms with Crippen LogP contribution in [0.25, 0.3) is 0 Å². The molecule has 0 bridgehead atoms. The van der Waals surface area contributed by atoms with Gasteiger partial charge >= 0.3 is 17.6 Å². The number of hydrogen-bond acceptors (Lipinski definition) is 5. The molecule has 0 fully saturated rings. The summed E-state index contributed by atoms with van der Waals surface area (Å²) >= 11 is 0. The first-order valence-corrected chi connectivity index (χ1v) is 2.73. The van der Waals surface area contributed by atoms with Crippen LogP contribution in [0, 0.1) is 0 Å². The molecule has 0 saturated heterocycles. The van der Waals surface area contributed by atoms with Gasteiger partial charge in [-0.1, -0.05) is 0 Å². The minimum absolute atomic E-state index is 0. The zero-order valence-corrected chi connectivity index (χ0v) is 5.21. The number of aliphatic hydroxyl groups excluding tert-OH is 4. The summed E-state index contributed by atoms with van der Waals surface area (Å²) in [6, 6.07) is 0. The number of rotatable bonds is 4. The van der Waals surface area contributed by atoms with Crippen LogP contribution in [0.5, 0.6) is 0 Å². The number of aldehydes is 1. The van der Waals surface area contributed by atoms with Crippen LogP contribution >= 0.6 is 0 Å². The van der Waals surface area contributed by atoms with Gasteiger partial charge in [0.25, 0.3) is 0 Å². The maximum absolute atomic E-state index is 9.76. The van der Waals surface area contributed by atoms with E-state index in [1.54, 1.807) is 0 Å². The molecule has 0 aromatic rings. The summed E-state index contributed by atoms with van der Waals surface area (Å²) in [5, 5.41) is 34.1. The van der Waals surface area contributed by atoms with Gasteiger partial charge in [-0.15, -0.1) is 0 Å². The molecule has 0 aliphatic rings. The second-order valence-corrected chi connectivity index (χ2v) is 1.87. The van der Waals surface area contributed by atoms with Crippen LogP contribution in [-0.2, 0) is 4.79 Å². The molecule has 4 N–H and O–H groups in total. The van der Waals surface area contributed by atoms with Crippen LogP contribution < -0.4 is 0 Å². The zero-order chi connectivity index (χ0) is 8.15. The Morgan fingerprint density at radius 2 is 1.73 bits per heavy atom. The predicted octanol–water partition coefficient (Wildman–Crippen LogP) is -4.19. The van der Waals surface area contributed by atoms with Gasteiger partial charge in [0, 0.05) is 0 Å². The van der Waals surface area contributed by atoms with Crippen molar-refractivity contribution in [3.8, 4) is 0 Å². The van der Waals surface area contributed by atoms with E-state index in [1.165, 1.54) is 0 Å². The molecule has 0 saturated carbocycles. The average Bonchev–Trinajstić information content (AvgIpc) is 2.00. The van der Waals surface area contributed by atoms with Crippen molar-refractivity contribution < 1.29 is 25.2 Å². The van der Waals surface area contributed by atoms with Crippen molar-refractivity contribution in [2.45, 2.75) is 18.3 Å². The van der Waals surface area contributed by atoms with Gasteiger partial charge in [-0.25, -0.2) is 0 Å². The second-order valence-electron chi connectivity index (χ2n) is 1.87. The van der Waals surface area contributed by atoms with Crippen molar-refractivity contribution in [2.24, 2.45) is 0 Å². The van der Waals surface area contributed by atoms with Crippen molar-refractivity contribution in [3.05, 3.63) is 0 Å². The molecule has 11 heavy (non-hydrogen) atoms. The van der Waals surface area contributed by atoms with E-state index >= 15 is 0 Å². The number of carbonyl (C=O) groups excluding carboxylic acids is 1. The molecule has 0 radical (unpaired) electrons. The van der Waals surface area contributed by atoms with Crippen molar-refractivity contribution in [2.75, 3.05) is 6.61 Å². The Bertz CT molecular complexity index is 109. The van der Waals surface area contributed by atoms with E-state index in [0.717, 1.165) is 0 Å². The molecule has 0 aromatic heterocycles. The van der Waals surface area contributed by atoms with Crippen LogP contribution in [0.3, 0.4) is 0 Å². The first-order valence-electron chi connectivity index (χ1n) is 2.73. The summed E-state index contributed by atoms with van der Waals surface area (Å²) in [6.07, 6.45) is -4.63. The Kier molecular flexibility index (Phi) is 8.36. The number of hydrogen-bond donors (Lipinski definition) is 4. The van der Waals surface area contributed by atoms with Gasteiger partial charge in [0.2, 0.25) is 0 Å². The van der Waals surface area contributed by atoms with Crippen LogP contribution in [0.4, 0.5) is 0 Å². The average molecular weight is 227 g/mol. The van der Waals surface area contributed by atoms with Gasteiger partial charge in [0.1, 0.15) is 18.3 Å². The fourth-order valence-electron chi connectivity index (χ4n) is 0.416. The summed E-state index contributed by atoms with van der Waals surface area (Å²) in [5.41, 5.74) is 0. The molecule has 3 unspecified atom stereocenters. The van der Waals surface area contributed by atoms with Crippen molar-refractivity contribution >= 4 is 23.9 Å². The van der Waals surface area contributed by atoms with Crippen molar-refractivity contribution in [1.29, 1.82) is 0 Å². The molecule has 0 rings (SSSR count). The van der Waals surface area contributed by atoms with E-state index in [2.05, 4.69) is 0 Å². The van der Waals surface area contributed by atoms with Crippen molar-refractivity contribution in [1.82, 2.24) is 0 Å². The van der Waals surface area contributed by atoms with Gasteiger partial charge in [-0.05, 0) is 0 Å². The van der Waals surface area contributed by atoms with E-state index in [9.17, 15) is 4.79 Å². The molecule has 3 atom stereocenters. The standard InChI is InChI=1S/C5H10O5.GeH4/c6-1-3(8)5(10)4(9)2-7;/h1,3-5,7-10H,2H2;1H4. The Hall–Kier alpha value is 0.0529. The summed E-state index contributed by atoms with van der Waals surface area (Å²) < 4.78 is 0. The fraction of sp³-hybridized carbons (Fsp3) is 0.800. The normalized spacial score (nSPS) is 17.8. The molecule has 0 heterocycles. The third-order valence-electron chi connectivity index (χ3n) is 1.07. The molecule has 0 aromatic carbocycles. The Morgan fingerprint density at radius 3 is 2.00 bits per heavy atom. The third-order valence-corrected chi connectivity index (χ3v) is 1.07. The van der Waals surface area contributed by atoms with E-state index in [-0.39, 0.29) is 23.9 Å². The third kappa shape index (κ3) is 4.49. The van der Waals surface area contributed by atoms with Gasteiger partial charge in [0.05, 0.1) is 6.61 Å². The van der Waals surface area contributed by atoms with Gasteiger partial charge in [0.15, 0.2) is 6.29 Å². The molecule has 0 aliphatic carbocycles. The van der Waals surface area contributed by atoms with Gasteiger partial charge < -0.3 is 25.2 Å². The SMILES string of the molecule is O=CC(O)C(O)C(O)CO.[GeH4]. The second kappa shape index (κ2) is 6.74. The Labute approximate surface area is 74.6 Å². The maximum atomic E-state index is 9.76. The first-order chi connectivity index (χ1) is 4.63. The summed E-state index contributed by atoms with van der Waals surface area (Å²) in [4.78, 5) is 9.76. The number of carbonyl (C=O) groups is 1. The molecule has 6 heteroatoms. The van der Waals surface area contributed by atoms with Crippen molar-refractivity contribution in [3.63, 3.8) is 0 Å². The fourth-order valence-corrected chi connectivity index (χ4v) is 0.416. The number of aliphatic hydroxyl groups is 4. The zero-order valence-electron chi connectivity index (χ0n) is 5.21. The Balaban J connectivity index is 0. The Morgan fingerprint density at radius 1 is 1.27 bits per heavy atom. The molecule has 0 spiro atoms. The van der Waals surface area contributed by atoms with Crippen LogP contribution in [0.1, 0.15) is 0 Å². The minimum atomic E-state index is -1.64. The molecule has 68 valence electrons. The van der Waals surface area contributed by atoms with Crippen LogP contribution in [0.15, 0.2) is 0 Å². The van der Waals surface area contributed by atoms with Crippen LogP contribution in [-0.4, -0.2) is 69.2 Å². The first kappa shape index (κ1) is 13.6. The monoisotopic (exact) mass is 228 g/mol. The van der Waals surface area contributed by atoms with Gasteiger partial charge in [-0.2, -0.15) is 0 Å². The molecule has 0 aliphatic heterocycles. The summed E-state index contributed by atoms with van der Waals surface area (Å²) in [6.45, 7) is -0.688. The molecule has 5 nitrogen and oxygen atoms in total. The quantitative estimate of drug-likeness (QED) is 0.288.